The Morgan fingerprint density at radius 2 is 2.17 bits per heavy atom. The van der Waals surface area contributed by atoms with Gasteiger partial charge in [0.15, 0.2) is 5.82 Å². The molecule has 0 aliphatic carbocycles. The standard InChI is InChI=1S/C11H12N6S/c1-12-11-14-9(7-4-6-18-10(7)15-11)13-8-3-5-17(2)16-8/h3-6H,1-2H3,(H2,12,13,14,15,16). The van der Waals surface area contributed by atoms with Gasteiger partial charge < -0.3 is 10.6 Å². The van der Waals surface area contributed by atoms with Gasteiger partial charge in [0, 0.05) is 26.4 Å². The van der Waals surface area contributed by atoms with E-state index in [9.17, 15) is 0 Å². The van der Waals surface area contributed by atoms with Crippen molar-refractivity contribution in [2.75, 3.05) is 17.7 Å². The largest absolute Gasteiger partial charge is 0.357 e. The van der Waals surface area contributed by atoms with E-state index in [0.717, 1.165) is 21.9 Å². The fourth-order valence-corrected chi connectivity index (χ4v) is 2.43. The van der Waals surface area contributed by atoms with E-state index in [2.05, 4.69) is 25.7 Å². The molecular weight excluding hydrogens is 248 g/mol. The van der Waals surface area contributed by atoms with Gasteiger partial charge in [0.25, 0.3) is 0 Å². The number of nitrogens with zero attached hydrogens (tertiary/aromatic N) is 4. The SMILES string of the molecule is CNc1nc(Nc2ccn(C)n2)c2ccsc2n1. The van der Waals surface area contributed by atoms with Gasteiger partial charge in [-0.3, -0.25) is 4.68 Å². The van der Waals surface area contributed by atoms with E-state index >= 15 is 0 Å². The quantitative estimate of drug-likeness (QED) is 0.755. The van der Waals surface area contributed by atoms with Crippen LogP contribution in [-0.4, -0.2) is 26.8 Å². The molecule has 6 nitrogen and oxygen atoms in total. The Labute approximate surface area is 108 Å². The van der Waals surface area contributed by atoms with Crippen molar-refractivity contribution in [3.63, 3.8) is 0 Å². The molecule has 2 N–H and O–H groups in total. The topological polar surface area (TPSA) is 67.7 Å². The monoisotopic (exact) mass is 260 g/mol. The number of hydrogen-bond acceptors (Lipinski definition) is 6. The molecule has 0 radical (unpaired) electrons. The lowest BCUT2D eigenvalue weighted by Gasteiger charge is -2.06. The van der Waals surface area contributed by atoms with Crippen LogP contribution in [0.25, 0.3) is 10.2 Å². The summed E-state index contributed by atoms with van der Waals surface area (Å²) < 4.78 is 1.74. The molecule has 92 valence electrons. The van der Waals surface area contributed by atoms with Crippen LogP contribution in [0.5, 0.6) is 0 Å². The van der Waals surface area contributed by atoms with E-state index < -0.39 is 0 Å². The lowest BCUT2D eigenvalue weighted by Crippen LogP contribution is -2.01. The van der Waals surface area contributed by atoms with E-state index in [4.69, 9.17) is 0 Å². The molecule has 0 aliphatic heterocycles. The molecular formula is C11H12N6S. The molecule has 18 heavy (non-hydrogen) atoms. The van der Waals surface area contributed by atoms with Gasteiger partial charge in [-0.05, 0) is 11.4 Å². The first-order valence-corrected chi connectivity index (χ1v) is 6.34. The van der Waals surface area contributed by atoms with Crippen molar-refractivity contribution < 1.29 is 0 Å². The fraction of sp³-hybridized carbons (Fsp3) is 0.182. The zero-order valence-electron chi connectivity index (χ0n) is 10.0. The third-order valence-corrected chi connectivity index (χ3v) is 3.32. The van der Waals surface area contributed by atoms with Gasteiger partial charge in [0.05, 0.1) is 5.39 Å². The molecule has 0 amide bonds. The molecule has 3 rings (SSSR count). The second kappa shape index (κ2) is 4.26. The normalized spacial score (nSPS) is 10.8. The van der Waals surface area contributed by atoms with Crippen molar-refractivity contribution in [2.45, 2.75) is 0 Å². The average molecular weight is 260 g/mol. The van der Waals surface area contributed by atoms with Gasteiger partial charge in [-0.2, -0.15) is 10.1 Å². The van der Waals surface area contributed by atoms with Crippen molar-refractivity contribution in [1.29, 1.82) is 0 Å². The smallest absolute Gasteiger partial charge is 0.225 e. The molecule has 0 bridgehead atoms. The molecule has 7 heteroatoms. The minimum Gasteiger partial charge on any atom is -0.357 e. The Morgan fingerprint density at radius 1 is 1.28 bits per heavy atom. The summed E-state index contributed by atoms with van der Waals surface area (Å²) in [6.07, 6.45) is 1.88. The lowest BCUT2D eigenvalue weighted by molar-refractivity contribution is 0.771. The van der Waals surface area contributed by atoms with Crippen molar-refractivity contribution in [1.82, 2.24) is 19.7 Å². The van der Waals surface area contributed by atoms with Crippen molar-refractivity contribution in [2.24, 2.45) is 7.05 Å². The maximum Gasteiger partial charge on any atom is 0.225 e. The van der Waals surface area contributed by atoms with Crippen molar-refractivity contribution >= 4 is 39.1 Å². The third kappa shape index (κ3) is 1.88. The Morgan fingerprint density at radius 3 is 2.89 bits per heavy atom. The summed E-state index contributed by atoms with van der Waals surface area (Å²) in [5.41, 5.74) is 0. The van der Waals surface area contributed by atoms with Gasteiger partial charge in [-0.25, -0.2) is 4.98 Å². The number of nitrogens with one attached hydrogen (secondary N) is 2. The van der Waals surface area contributed by atoms with Crippen LogP contribution in [-0.2, 0) is 7.05 Å². The van der Waals surface area contributed by atoms with Crippen LogP contribution in [0.15, 0.2) is 23.7 Å². The molecule has 3 heterocycles. The highest BCUT2D eigenvalue weighted by Crippen LogP contribution is 2.27. The Bertz CT molecular complexity index is 686. The highest BCUT2D eigenvalue weighted by molar-refractivity contribution is 7.16. The van der Waals surface area contributed by atoms with Gasteiger partial charge in [0.1, 0.15) is 10.6 Å². The molecule has 0 aromatic carbocycles. The van der Waals surface area contributed by atoms with Crippen LogP contribution in [0, 0.1) is 0 Å². The lowest BCUT2D eigenvalue weighted by atomic mass is 10.4. The Hall–Kier alpha value is -2.15. The first kappa shape index (κ1) is 11.0. The fourth-order valence-electron chi connectivity index (χ4n) is 1.67. The molecule has 0 saturated carbocycles. The Kier molecular flexibility index (Phi) is 2.60. The van der Waals surface area contributed by atoms with Crippen LogP contribution >= 0.6 is 11.3 Å². The average Bonchev–Trinajstić information content (AvgIpc) is 2.98. The predicted molar refractivity (Wildman–Crippen MR) is 73.5 cm³/mol. The van der Waals surface area contributed by atoms with Crippen molar-refractivity contribution in [3.8, 4) is 0 Å². The van der Waals surface area contributed by atoms with Gasteiger partial charge in [0.2, 0.25) is 5.95 Å². The van der Waals surface area contributed by atoms with E-state index in [1.807, 2.05) is 30.8 Å². The number of aromatic nitrogens is 4. The number of fused-ring (bicyclic) bond motifs is 1. The number of anilines is 3. The summed E-state index contributed by atoms with van der Waals surface area (Å²) in [5.74, 6) is 2.14. The second-order valence-electron chi connectivity index (χ2n) is 3.78. The third-order valence-electron chi connectivity index (χ3n) is 2.51. The zero-order chi connectivity index (χ0) is 12.5. The van der Waals surface area contributed by atoms with Gasteiger partial charge >= 0.3 is 0 Å². The number of aryl methyl sites for hydroxylation is 1. The van der Waals surface area contributed by atoms with Crippen LogP contribution < -0.4 is 10.6 Å². The van der Waals surface area contributed by atoms with Gasteiger partial charge in [-0.15, -0.1) is 11.3 Å². The van der Waals surface area contributed by atoms with E-state index in [-0.39, 0.29) is 0 Å². The summed E-state index contributed by atoms with van der Waals surface area (Å²) >= 11 is 1.59. The minimum absolute atomic E-state index is 0.600. The molecule has 3 aromatic rings. The first-order chi connectivity index (χ1) is 8.76. The second-order valence-corrected chi connectivity index (χ2v) is 4.68. The zero-order valence-corrected chi connectivity index (χ0v) is 10.8. The van der Waals surface area contributed by atoms with Crippen molar-refractivity contribution in [3.05, 3.63) is 23.7 Å². The molecule has 0 fully saturated rings. The highest BCUT2D eigenvalue weighted by atomic mass is 32.1. The van der Waals surface area contributed by atoms with E-state index in [1.165, 1.54) is 0 Å². The number of rotatable bonds is 3. The van der Waals surface area contributed by atoms with Crippen LogP contribution in [0.3, 0.4) is 0 Å². The molecule has 0 saturated heterocycles. The van der Waals surface area contributed by atoms with E-state index in [0.29, 0.717) is 5.95 Å². The summed E-state index contributed by atoms with van der Waals surface area (Å²) in [7, 11) is 3.68. The molecule has 0 unspecified atom stereocenters. The maximum absolute atomic E-state index is 4.42. The van der Waals surface area contributed by atoms with Crippen LogP contribution in [0.4, 0.5) is 17.6 Å². The molecule has 0 aliphatic rings. The van der Waals surface area contributed by atoms with Crippen LogP contribution in [0.2, 0.25) is 0 Å². The number of thiophene rings is 1. The van der Waals surface area contributed by atoms with Crippen LogP contribution in [0.1, 0.15) is 0 Å². The summed E-state index contributed by atoms with van der Waals surface area (Å²) in [4.78, 5) is 9.76. The summed E-state index contributed by atoms with van der Waals surface area (Å²) in [6, 6.07) is 3.91. The summed E-state index contributed by atoms with van der Waals surface area (Å²) in [6.45, 7) is 0. The summed E-state index contributed by atoms with van der Waals surface area (Å²) in [5, 5.41) is 13.5. The molecule has 0 spiro atoms. The van der Waals surface area contributed by atoms with Gasteiger partial charge in [-0.1, -0.05) is 0 Å². The predicted octanol–water partition coefficient (Wildman–Crippen LogP) is 2.21. The number of hydrogen-bond donors (Lipinski definition) is 2. The minimum atomic E-state index is 0.600. The first-order valence-electron chi connectivity index (χ1n) is 5.46. The van der Waals surface area contributed by atoms with E-state index in [1.54, 1.807) is 23.1 Å². The molecule has 0 atom stereocenters. The Balaban J connectivity index is 2.06. The maximum atomic E-state index is 4.42. The molecule has 3 aromatic heterocycles. The highest BCUT2D eigenvalue weighted by Gasteiger charge is 2.09.